The lowest BCUT2D eigenvalue weighted by Crippen LogP contribution is -2.40. The molecule has 5 nitrogen and oxygen atoms in total. The van der Waals surface area contributed by atoms with Crippen LogP contribution in [0.15, 0.2) is 42.5 Å². The normalized spacial score (nSPS) is 17.6. The van der Waals surface area contributed by atoms with Gasteiger partial charge in [-0.15, -0.1) is 0 Å². The Labute approximate surface area is 166 Å². The third-order valence-electron chi connectivity index (χ3n) is 5.98. The van der Waals surface area contributed by atoms with Crippen LogP contribution in [-0.4, -0.2) is 45.2 Å². The van der Waals surface area contributed by atoms with Gasteiger partial charge in [0.1, 0.15) is 11.5 Å². The molecule has 1 N–H and O–H groups in total. The Morgan fingerprint density at radius 1 is 1.25 bits per heavy atom. The van der Waals surface area contributed by atoms with Crippen LogP contribution in [0, 0.1) is 0 Å². The molecule has 1 aliphatic carbocycles. The predicted molar refractivity (Wildman–Crippen MR) is 109 cm³/mol. The van der Waals surface area contributed by atoms with Gasteiger partial charge < -0.3 is 19.7 Å². The second kappa shape index (κ2) is 7.47. The summed E-state index contributed by atoms with van der Waals surface area (Å²) in [5.74, 6) is 1.87. The van der Waals surface area contributed by atoms with Gasteiger partial charge in [0.05, 0.1) is 25.2 Å². The molecule has 0 saturated heterocycles. The van der Waals surface area contributed by atoms with E-state index in [2.05, 4.69) is 22.3 Å². The van der Waals surface area contributed by atoms with Crippen LogP contribution in [0.1, 0.15) is 35.6 Å². The van der Waals surface area contributed by atoms with Crippen molar-refractivity contribution in [3.05, 3.63) is 59.2 Å². The molecule has 1 atom stereocenters. The number of hydrogen-bond acceptors (Lipinski definition) is 4. The summed E-state index contributed by atoms with van der Waals surface area (Å²) in [7, 11) is 5.76. The Morgan fingerprint density at radius 3 is 2.75 bits per heavy atom. The fourth-order valence-electron chi connectivity index (χ4n) is 4.15. The molecule has 2 aromatic rings. The molecule has 0 bridgehead atoms. The molecule has 0 aromatic heterocycles. The first-order valence-electron chi connectivity index (χ1n) is 9.89. The number of carbonyl (C=O) groups excluding carboxylic acids is 1. The zero-order valence-corrected chi connectivity index (χ0v) is 16.8. The number of nitrogens with zero attached hydrogens (tertiary/aromatic N) is 1. The Kier molecular flexibility index (Phi) is 5.02. The molecule has 5 heteroatoms. The number of carbonyl (C=O) groups is 1. The van der Waals surface area contributed by atoms with Crippen molar-refractivity contribution in [2.24, 2.45) is 0 Å². The summed E-state index contributed by atoms with van der Waals surface area (Å²) < 4.78 is 11.1. The van der Waals surface area contributed by atoms with Gasteiger partial charge in [0.15, 0.2) is 0 Å². The number of hydrogen-bond donors (Lipinski definition) is 1. The second-order valence-electron chi connectivity index (χ2n) is 7.94. The molecule has 1 saturated carbocycles. The maximum atomic E-state index is 13.1. The minimum absolute atomic E-state index is 0.0911. The highest BCUT2D eigenvalue weighted by atomic mass is 16.5. The van der Waals surface area contributed by atoms with Gasteiger partial charge in [-0.05, 0) is 50.2 Å². The molecule has 148 valence electrons. The molecule has 4 rings (SSSR count). The van der Waals surface area contributed by atoms with E-state index in [4.69, 9.17) is 9.47 Å². The number of nitrogens with one attached hydrogen (secondary N) is 1. The standard InChI is InChI=1S/C23H28N2O3/c1-25(2)19(16-8-9-20-17(14-16)10-13-28-20)15-24-22(26)23(11-12-23)18-6-4-5-7-21(18)27-3/h4-9,14,19H,10-13,15H2,1-3H3,(H,24,26). The van der Waals surface area contributed by atoms with Crippen LogP contribution in [-0.2, 0) is 16.6 Å². The zero-order valence-electron chi connectivity index (χ0n) is 16.8. The first-order valence-corrected chi connectivity index (χ1v) is 9.89. The lowest BCUT2D eigenvalue weighted by atomic mass is 9.93. The molecule has 1 fully saturated rings. The third-order valence-corrected chi connectivity index (χ3v) is 5.98. The van der Waals surface area contributed by atoms with Crippen molar-refractivity contribution in [3.8, 4) is 11.5 Å². The van der Waals surface area contributed by atoms with Crippen LogP contribution < -0.4 is 14.8 Å². The van der Waals surface area contributed by atoms with Crippen molar-refractivity contribution in [1.29, 1.82) is 0 Å². The fourth-order valence-corrected chi connectivity index (χ4v) is 4.15. The fraction of sp³-hybridized carbons (Fsp3) is 0.435. The van der Waals surface area contributed by atoms with E-state index in [1.54, 1.807) is 7.11 Å². The average Bonchev–Trinajstić information content (AvgIpc) is 3.38. The first-order chi connectivity index (χ1) is 13.5. The van der Waals surface area contributed by atoms with Crippen LogP contribution in [0.5, 0.6) is 11.5 Å². The van der Waals surface area contributed by atoms with E-state index in [9.17, 15) is 4.79 Å². The minimum Gasteiger partial charge on any atom is -0.496 e. The Hall–Kier alpha value is -2.53. The van der Waals surface area contributed by atoms with Crippen molar-refractivity contribution in [3.63, 3.8) is 0 Å². The maximum absolute atomic E-state index is 13.1. The molecular formula is C23H28N2O3. The lowest BCUT2D eigenvalue weighted by Gasteiger charge is -2.27. The van der Waals surface area contributed by atoms with E-state index in [1.807, 2.05) is 44.4 Å². The summed E-state index contributed by atoms with van der Waals surface area (Å²) >= 11 is 0. The van der Waals surface area contributed by atoms with Crippen LogP contribution in [0.25, 0.3) is 0 Å². The zero-order chi connectivity index (χ0) is 19.7. The van der Waals surface area contributed by atoms with Crippen LogP contribution in [0.2, 0.25) is 0 Å². The highest BCUT2D eigenvalue weighted by molar-refractivity contribution is 5.92. The van der Waals surface area contributed by atoms with Crippen LogP contribution in [0.3, 0.4) is 0 Å². The highest BCUT2D eigenvalue weighted by Crippen LogP contribution is 2.51. The number of amides is 1. The van der Waals surface area contributed by atoms with Crippen molar-refractivity contribution >= 4 is 5.91 Å². The van der Waals surface area contributed by atoms with Gasteiger partial charge in [0.25, 0.3) is 0 Å². The van der Waals surface area contributed by atoms with E-state index in [0.717, 1.165) is 42.9 Å². The maximum Gasteiger partial charge on any atom is 0.230 e. The van der Waals surface area contributed by atoms with Gasteiger partial charge in [-0.1, -0.05) is 30.3 Å². The van der Waals surface area contributed by atoms with E-state index in [1.165, 1.54) is 11.1 Å². The highest BCUT2D eigenvalue weighted by Gasteiger charge is 2.52. The largest absolute Gasteiger partial charge is 0.496 e. The molecule has 1 aliphatic heterocycles. The number of rotatable bonds is 7. The Bertz CT molecular complexity index is 874. The quantitative estimate of drug-likeness (QED) is 0.802. The molecule has 0 radical (unpaired) electrons. The monoisotopic (exact) mass is 380 g/mol. The molecular weight excluding hydrogens is 352 g/mol. The van der Waals surface area contributed by atoms with Gasteiger partial charge in [-0.2, -0.15) is 0 Å². The van der Waals surface area contributed by atoms with E-state index < -0.39 is 5.41 Å². The summed E-state index contributed by atoms with van der Waals surface area (Å²) in [6, 6.07) is 14.3. The topological polar surface area (TPSA) is 50.8 Å². The molecule has 1 heterocycles. The average molecular weight is 380 g/mol. The number of benzene rings is 2. The summed E-state index contributed by atoms with van der Waals surface area (Å²) in [6.07, 6.45) is 2.68. The molecule has 0 spiro atoms. The molecule has 2 aromatic carbocycles. The van der Waals surface area contributed by atoms with Gasteiger partial charge in [-0.25, -0.2) is 0 Å². The van der Waals surface area contributed by atoms with Gasteiger partial charge >= 0.3 is 0 Å². The number of para-hydroxylation sites is 1. The van der Waals surface area contributed by atoms with Crippen molar-refractivity contribution < 1.29 is 14.3 Å². The van der Waals surface area contributed by atoms with Gasteiger partial charge in [0.2, 0.25) is 5.91 Å². The van der Waals surface area contributed by atoms with Gasteiger partial charge in [-0.3, -0.25) is 4.79 Å². The number of methoxy groups -OCH3 is 1. The number of ether oxygens (including phenoxy) is 2. The predicted octanol–water partition coefficient (Wildman–Crippen LogP) is 3.08. The minimum atomic E-state index is -0.449. The molecule has 28 heavy (non-hydrogen) atoms. The SMILES string of the molecule is COc1ccccc1C1(C(=O)NCC(c2ccc3c(c2)CCO3)N(C)C)CC1. The van der Waals surface area contributed by atoms with Crippen molar-refractivity contribution in [2.45, 2.75) is 30.7 Å². The lowest BCUT2D eigenvalue weighted by molar-refractivity contribution is -0.123. The Balaban J connectivity index is 1.50. The summed E-state index contributed by atoms with van der Waals surface area (Å²) in [6.45, 7) is 1.33. The second-order valence-corrected chi connectivity index (χ2v) is 7.94. The van der Waals surface area contributed by atoms with E-state index in [0.29, 0.717) is 6.54 Å². The third kappa shape index (κ3) is 3.35. The number of fused-ring (bicyclic) bond motifs is 1. The van der Waals surface area contributed by atoms with Crippen LogP contribution in [0.4, 0.5) is 0 Å². The summed E-state index contributed by atoms with van der Waals surface area (Å²) in [5, 5.41) is 3.22. The van der Waals surface area contributed by atoms with Crippen LogP contribution >= 0.6 is 0 Å². The van der Waals surface area contributed by atoms with E-state index >= 15 is 0 Å². The summed E-state index contributed by atoms with van der Waals surface area (Å²) in [4.78, 5) is 15.3. The van der Waals surface area contributed by atoms with Gasteiger partial charge in [0, 0.05) is 18.5 Å². The summed E-state index contributed by atoms with van der Waals surface area (Å²) in [5.41, 5.74) is 3.00. The smallest absolute Gasteiger partial charge is 0.230 e. The van der Waals surface area contributed by atoms with E-state index in [-0.39, 0.29) is 11.9 Å². The number of likely N-dealkylation sites (N-methyl/N-ethyl adjacent to an activating group) is 1. The molecule has 2 aliphatic rings. The molecule has 1 amide bonds. The first kappa shape index (κ1) is 18.8. The van der Waals surface area contributed by atoms with Crippen molar-refractivity contribution in [1.82, 2.24) is 10.2 Å². The molecule has 1 unspecified atom stereocenters. The Morgan fingerprint density at radius 2 is 2.04 bits per heavy atom. The van der Waals surface area contributed by atoms with Crippen molar-refractivity contribution in [2.75, 3.05) is 34.4 Å².